The smallest absolute Gasteiger partial charge is 0.0894 e. The minimum Gasteiger partial charge on any atom is -0.381 e. The molecule has 7 atom stereocenters. The van der Waals surface area contributed by atoms with Crippen molar-refractivity contribution in [3.05, 3.63) is 0 Å². The summed E-state index contributed by atoms with van der Waals surface area (Å²) in [5, 5.41) is 0. The highest BCUT2D eigenvalue weighted by Crippen LogP contribution is 2.59. The van der Waals surface area contributed by atoms with Crippen LogP contribution in [0, 0.1) is 47.3 Å². The van der Waals surface area contributed by atoms with E-state index in [1.54, 1.807) is 0 Å². The van der Waals surface area contributed by atoms with Crippen LogP contribution in [0.3, 0.4) is 0 Å². The highest BCUT2D eigenvalue weighted by molar-refractivity contribution is 5.00. The maximum atomic E-state index is 12.1. The van der Waals surface area contributed by atoms with Gasteiger partial charge in [-0.05, 0) is 112 Å². The van der Waals surface area contributed by atoms with Gasteiger partial charge in [0.1, 0.15) is 0 Å². The Morgan fingerprint density at radius 3 is 2.26 bits per heavy atom. The standard InChI is InChI=1S/C25H45FO/c1-18(2)21-10-12-23-19(3)22-11-9-20(16-24(22)25(23)17-21)8-7-15-27-14-6-4-5-13-26/h18-25H,4-17H2,1-3H3. The van der Waals surface area contributed by atoms with Crippen LogP contribution in [-0.2, 0) is 4.74 Å². The quantitative estimate of drug-likeness (QED) is 0.361. The molecule has 0 aromatic heterocycles. The molecule has 158 valence electrons. The number of ether oxygens (including phenoxy) is 1. The summed E-state index contributed by atoms with van der Waals surface area (Å²) < 4.78 is 17.8. The Morgan fingerprint density at radius 1 is 0.815 bits per heavy atom. The van der Waals surface area contributed by atoms with E-state index >= 15 is 0 Å². The van der Waals surface area contributed by atoms with E-state index in [0.29, 0.717) is 6.42 Å². The van der Waals surface area contributed by atoms with Gasteiger partial charge < -0.3 is 4.74 Å². The Balaban J connectivity index is 1.40. The number of hydrogen-bond donors (Lipinski definition) is 0. The van der Waals surface area contributed by atoms with Crippen LogP contribution in [0.2, 0.25) is 0 Å². The van der Waals surface area contributed by atoms with Crippen LogP contribution < -0.4 is 0 Å². The van der Waals surface area contributed by atoms with Crippen molar-refractivity contribution in [3.63, 3.8) is 0 Å². The van der Waals surface area contributed by atoms with E-state index in [1.807, 2.05) is 0 Å². The minimum absolute atomic E-state index is 0.178. The number of hydrogen-bond acceptors (Lipinski definition) is 1. The lowest BCUT2D eigenvalue weighted by atomic mass is 9.66. The van der Waals surface area contributed by atoms with E-state index in [9.17, 15) is 4.39 Å². The van der Waals surface area contributed by atoms with Gasteiger partial charge >= 0.3 is 0 Å². The molecule has 0 aromatic carbocycles. The largest absolute Gasteiger partial charge is 0.381 e. The van der Waals surface area contributed by atoms with E-state index in [4.69, 9.17) is 4.74 Å². The van der Waals surface area contributed by atoms with Crippen molar-refractivity contribution in [2.45, 2.75) is 91.4 Å². The third-order valence-corrected chi connectivity index (χ3v) is 8.73. The molecule has 0 amide bonds. The van der Waals surface area contributed by atoms with Crippen molar-refractivity contribution in [2.75, 3.05) is 19.9 Å². The van der Waals surface area contributed by atoms with Gasteiger partial charge in [-0.15, -0.1) is 0 Å². The van der Waals surface area contributed by atoms with Gasteiger partial charge in [-0.3, -0.25) is 4.39 Å². The van der Waals surface area contributed by atoms with Crippen LogP contribution in [0.4, 0.5) is 4.39 Å². The van der Waals surface area contributed by atoms with Gasteiger partial charge in [-0.1, -0.05) is 27.2 Å². The molecule has 0 radical (unpaired) electrons. The lowest BCUT2D eigenvalue weighted by Gasteiger charge is -2.39. The normalized spacial score (nSPS) is 38.8. The zero-order valence-corrected chi connectivity index (χ0v) is 18.3. The molecule has 0 saturated heterocycles. The number of fused-ring (bicyclic) bond motifs is 3. The summed E-state index contributed by atoms with van der Waals surface area (Å²) in [4.78, 5) is 0. The maximum absolute atomic E-state index is 12.1. The molecule has 7 unspecified atom stereocenters. The van der Waals surface area contributed by atoms with Crippen molar-refractivity contribution in [3.8, 4) is 0 Å². The minimum atomic E-state index is -0.178. The highest BCUT2D eigenvalue weighted by atomic mass is 19.1. The average Bonchev–Trinajstić information content (AvgIpc) is 2.95. The summed E-state index contributed by atoms with van der Waals surface area (Å²) in [6.45, 7) is 9.05. The zero-order chi connectivity index (χ0) is 19.2. The van der Waals surface area contributed by atoms with E-state index in [0.717, 1.165) is 73.4 Å². The summed E-state index contributed by atoms with van der Waals surface area (Å²) in [5.41, 5.74) is 0. The predicted octanol–water partition coefficient (Wildman–Crippen LogP) is 7.29. The Kier molecular flexibility index (Phi) is 8.48. The zero-order valence-electron chi connectivity index (χ0n) is 18.3. The molecule has 0 heterocycles. The highest BCUT2D eigenvalue weighted by Gasteiger charge is 2.51. The molecule has 0 aliphatic heterocycles. The van der Waals surface area contributed by atoms with Crippen LogP contribution in [0.15, 0.2) is 0 Å². The predicted molar refractivity (Wildman–Crippen MR) is 113 cm³/mol. The molecule has 3 rings (SSSR count). The second-order valence-corrected chi connectivity index (χ2v) is 10.5. The van der Waals surface area contributed by atoms with Gasteiger partial charge in [0, 0.05) is 13.2 Å². The summed E-state index contributed by atoms with van der Waals surface area (Å²) >= 11 is 0. The van der Waals surface area contributed by atoms with Crippen molar-refractivity contribution in [1.82, 2.24) is 0 Å². The summed E-state index contributed by atoms with van der Waals surface area (Å²) in [7, 11) is 0. The number of rotatable bonds is 10. The molecule has 3 saturated carbocycles. The van der Waals surface area contributed by atoms with Gasteiger partial charge in [-0.2, -0.15) is 0 Å². The molecule has 1 nitrogen and oxygen atoms in total. The van der Waals surface area contributed by atoms with E-state index in [-0.39, 0.29) is 6.67 Å². The summed E-state index contributed by atoms with van der Waals surface area (Å²) in [6, 6.07) is 0. The van der Waals surface area contributed by atoms with Gasteiger partial charge in [-0.25, -0.2) is 0 Å². The second kappa shape index (κ2) is 10.6. The first kappa shape index (κ1) is 21.6. The van der Waals surface area contributed by atoms with Crippen LogP contribution in [-0.4, -0.2) is 19.9 Å². The third-order valence-electron chi connectivity index (χ3n) is 8.73. The first-order chi connectivity index (χ1) is 13.1. The fourth-order valence-corrected chi connectivity index (χ4v) is 7.11. The van der Waals surface area contributed by atoms with Gasteiger partial charge in [0.25, 0.3) is 0 Å². The molecule has 3 fully saturated rings. The fourth-order valence-electron chi connectivity index (χ4n) is 7.11. The van der Waals surface area contributed by atoms with Crippen LogP contribution >= 0.6 is 0 Å². The summed E-state index contributed by atoms with van der Waals surface area (Å²) in [6.07, 6.45) is 14.3. The van der Waals surface area contributed by atoms with Crippen molar-refractivity contribution >= 4 is 0 Å². The molecular weight excluding hydrogens is 335 g/mol. The SMILES string of the molecule is CC(C)C1CCC2C(C)C3CCC(CCCOCCCCCF)CC3C2C1. The second-order valence-electron chi connectivity index (χ2n) is 10.5. The maximum Gasteiger partial charge on any atom is 0.0894 e. The Morgan fingerprint density at radius 2 is 1.52 bits per heavy atom. The third kappa shape index (κ3) is 5.49. The molecule has 27 heavy (non-hydrogen) atoms. The summed E-state index contributed by atoms with van der Waals surface area (Å²) in [5.74, 6) is 7.96. The first-order valence-electron chi connectivity index (χ1n) is 12.3. The molecular formula is C25H45FO. The van der Waals surface area contributed by atoms with E-state index in [2.05, 4.69) is 20.8 Å². The van der Waals surface area contributed by atoms with E-state index < -0.39 is 0 Å². The van der Waals surface area contributed by atoms with Crippen molar-refractivity contribution < 1.29 is 9.13 Å². The van der Waals surface area contributed by atoms with E-state index in [1.165, 1.54) is 51.4 Å². The van der Waals surface area contributed by atoms with Gasteiger partial charge in [0.15, 0.2) is 0 Å². The van der Waals surface area contributed by atoms with Gasteiger partial charge in [0.2, 0.25) is 0 Å². The molecule has 2 heteroatoms. The molecule has 3 aliphatic rings. The number of alkyl halides is 1. The topological polar surface area (TPSA) is 9.23 Å². The average molecular weight is 381 g/mol. The molecule has 0 bridgehead atoms. The Hall–Kier alpha value is -0.110. The van der Waals surface area contributed by atoms with Crippen LogP contribution in [0.5, 0.6) is 0 Å². The first-order valence-corrected chi connectivity index (χ1v) is 12.3. The Bertz CT molecular complexity index is 423. The van der Waals surface area contributed by atoms with Crippen molar-refractivity contribution in [1.29, 1.82) is 0 Å². The van der Waals surface area contributed by atoms with Crippen LogP contribution in [0.1, 0.15) is 91.4 Å². The Labute approximate surface area is 168 Å². The number of unbranched alkanes of at least 4 members (excludes halogenated alkanes) is 2. The molecule has 0 spiro atoms. The lowest BCUT2D eigenvalue weighted by Crippen LogP contribution is -2.30. The van der Waals surface area contributed by atoms with Crippen LogP contribution in [0.25, 0.3) is 0 Å². The van der Waals surface area contributed by atoms with Crippen molar-refractivity contribution in [2.24, 2.45) is 47.3 Å². The monoisotopic (exact) mass is 380 g/mol. The molecule has 0 aromatic rings. The molecule has 0 N–H and O–H groups in total. The number of halogens is 1. The molecule has 3 aliphatic carbocycles. The fraction of sp³-hybridized carbons (Fsp3) is 1.00. The lowest BCUT2D eigenvalue weighted by molar-refractivity contribution is 0.0939. The van der Waals surface area contributed by atoms with Gasteiger partial charge in [0.05, 0.1) is 6.67 Å².